The second kappa shape index (κ2) is 11.3. The number of carbonyl (C=O) groups is 1. The minimum absolute atomic E-state index is 0.0140. The van der Waals surface area contributed by atoms with Crippen LogP contribution >= 0.6 is 0 Å². The number of epoxide rings is 1. The van der Waals surface area contributed by atoms with Crippen LogP contribution in [0.3, 0.4) is 0 Å². The molecule has 7 nitrogen and oxygen atoms in total. The van der Waals surface area contributed by atoms with Crippen LogP contribution in [0.15, 0.2) is 18.7 Å². The van der Waals surface area contributed by atoms with E-state index in [1.54, 1.807) is 0 Å². The van der Waals surface area contributed by atoms with Gasteiger partial charge in [0.2, 0.25) is 5.91 Å². The number of amides is 1. The number of carbonyl (C=O) groups excluding carboxylic acids is 1. The number of likely N-dealkylation sites (tertiary alicyclic amines) is 1. The number of rotatable bonds is 15. The van der Waals surface area contributed by atoms with E-state index in [0.717, 1.165) is 45.1 Å². The van der Waals surface area contributed by atoms with Crippen molar-refractivity contribution in [2.75, 3.05) is 6.54 Å². The first kappa shape index (κ1) is 37.4. The molecule has 6 atom stereocenters. The maximum atomic E-state index is 13.2. The Balaban J connectivity index is 1.75. The molecule has 7 heteroatoms. The van der Waals surface area contributed by atoms with E-state index in [1.807, 2.05) is 12.5 Å². The van der Waals surface area contributed by atoms with Gasteiger partial charge in [-0.15, -0.1) is 0 Å². The normalized spacial score (nSPS) is 30.0. The lowest BCUT2D eigenvalue weighted by Gasteiger charge is -2.60. The molecule has 2 saturated heterocycles. The van der Waals surface area contributed by atoms with Gasteiger partial charge in [0, 0.05) is 42.4 Å². The third kappa shape index (κ3) is 5.80. The summed E-state index contributed by atoms with van der Waals surface area (Å²) in [4.78, 5) is 19.9. The van der Waals surface area contributed by atoms with Gasteiger partial charge in [0.15, 0.2) is 0 Å². The van der Waals surface area contributed by atoms with Crippen molar-refractivity contribution in [3.8, 4) is 0 Å². The number of ether oxygens (including phenoxy) is 1. The Morgan fingerprint density at radius 3 is 2.04 bits per heavy atom. The minimum Gasteiger partial charge on any atom is -0.353 e. The highest BCUT2D eigenvalue weighted by Crippen LogP contribution is 2.76. The van der Waals surface area contributed by atoms with Crippen molar-refractivity contribution in [2.45, 2.75) is 178 Å². The van der Waals surface area contributed by atoms with Gasteiger partial charge < -0.3 is 25.7 Å². The van der Waals surface area contributed by atoms with E-state index in [0.29, 0.717) is 6.42 Å². The van der Waals surface area contributed by atoms with Gasteiger partial charge in [0.25, 0.3) is 0 Å². The number of nitrogens with zero attached hydrogens (tertiary/aromatic N) is 3. The Bertz CT molecular complexity index is 1260. The smallest absolute Gasteiger partial charge is 0.222 e. The summed E-state index contributed by atoms with van der Waals surface area (Å²) in [7, 11) is 0. The molecule has 3 aliphatic rings. The zero-order chi connectivity index (χ0) is 35.2. The van der Waals surface area contributed by atoms with Crippen molar-refractivity contribution in [3.63, 3.8) is 0 Å². The summed E-state index contributed by atoms with van der Waals surface area (Å²) in [6.45, 7) is 36.7. The zero-order valence-corrected chi connectivity index (χ0v) is 32.4. The first-order valence-electron chi connectivity index (χ1n) is 18.1. The molecule has 264 valence electrons. The maximum absolute atomic E-state index is 13.2. The molecule has 3 heterocycles. The van der Waals surface area contributed by atoms with Crippen LogP contribution in [-0.4, -0.2) is 50.8 Å². The van der Waals surface area contributed by atoms with E-state index in [4.69, 9.17) is 16.2 Å². The minimum atomic E-state index is -0.391. The third-order valence-electron chi connectivity index (χ3n) is 15.5. The summed E-state index contributed by atoms with van der Waals surface area (Å²) in [5.74, 6) is 0.266. The average molecular weight is 642 g/mol. The highest BCUT2D eigenvalue weighted by molar-refractivity contribution is 5.78. The van der Waals surface area contributed by atoms with Crippen molar-refractivity contribution in [1.82, 2.24) is 14.5 Å². The first-order valence-corrected chi connectivity index (χ1v) is 18.1. The van der Waals surface area contributed by atoms with Crippen molar-refractivity contribution >= 4 is 5.91 Å². The van der Waals surface area contributed by atoms with Crippen LogP contribution in [0, 0.1) is 37.9 Å². The molecule has 4 N–H and O–H groups in total. The summed E-state index contributed by atoms with van der Waals surface area (Å²) < 4.78 is 8.72. The summed E-state index contributed by atoms with van der Waals surface area (Å²) in [6, 6.07) is 0.0413. The molecule has 2 aliphatic heterocycles. The van der Waals surface area contributed by atoms with Crippen molar-refractivity contribution in [2.24, 2.45) is 49.4 Å². The van der Waals surface area contributed by atoms with Crippen LogP contribution in [0.5, 0.6) is 0 Å². The molecule has 1 aliphatic carbocycles. The van der Waals surface area contributed by atoms with E-state index in [-0.39, 0.29) is 67.7 Å². The Kier molecular flexibility index (Phi) is 9.18. The summed E-state index contributed by atoms with van der Waals surface area (Å²) in [6.07, 6.45) is 12.4. The van der Waals surface area contributed by atoms with Crippen LogP contribution in [0.2, 0.25) is 0 Å². The third-order valence-corrected chi connectivity index (χ3v) is 15.5. The number of imidazole rings is 1. The molecular weight excluding hydrogens is 570 g/mol. The van der Waals surface area contributed by atoms with Gasteiger partial charge in [0.1, 0.15) is 12.3 Å². The fraction of sp³-hybridized carbons (Fsp3) is 0.897. The summed E-state index contributed by atoms with van der Waals surface area (Å²) in [5.41, 5.74) is 12.4. The Morgan fingerprint density at radius 1 is 1.02 bits per heavy atom. The van der Waals surface area contributed by atoms with E-state index in [9.17, 15) is 4.79 Å². The fourth-order valence-corrected chi connectivity index (χ4v) is 9.93. The lowest BCUT2D eigenvalue weighted by Crippen LogP contribution is -2.59. The fourth-order valence-electron chi connectivity index (χ4n) is 9.93. The van der Waals surface area contributed by atoms with E-state index >= 15 is 0 Å². The van der Waals surface area contributed by atoms with Gasteiger partial charge in [-0.1, -0.05) is 96.4 Å². The predicted molar refractivity (Wildman–Crippen MR) is 190 cm³/mol. The van der Waals surface area contributed by atoms with Crippen LogP contribution in [0.1, 0.15) is 149 Å². The van der Waals surface area contributed by atoms with Gasteiger partial charge >= 0.3 is 0 Å². The van der Waals surface area contributed by atoms with Crippen molar-refractivity contribution < 1.29 is 9.53 Å². The molecule has 46 heavy (non-hydrogen) atoms. The summed E-state index contributed by atoms with van der Waals surface area (Å²) >= 11 is 0. The van der Waals surface area contributed by atoms with E-state index in [1.165, 1.54) is 0 Å². The van der Waals surface area contributed by atoms with Crippen LogP contribution < -0.4 is 11.5 Å². The lowest BCUT2D eigenvalue weighted by atomic mass is 9.45. The monoisotopic (exact) mass is 642 g/mol. The number of hydrogen-bond donors (Lipinski definition) is 2. The molecule has 1 amide bonds. The predicted octanol–water partition coefficient (Wildman–Crippen LogP) is 8.12. The van der Waals surface area contributed by atoms with Gasteiger partial charge in [-0.3, -0.25) is 4.79 Å². The average Bonchev–Trinajstić information content (AvgIpc) is 3.55. The highest BCUT2D eigenvalue weighted by Gasteiger charge is 2.73. The molecule has 4 rings (SSSR count). The molecule has 1 aromatic rings. The number of hydrogen-bond acceptors (Lipinski definition) is 5. The van der Waals surface area contributed by atoms with Crippen LogP contribution in [-0.2, 0) is 15.1 Å². The Labute approximate surface area is 282 Å². The molecule has 6 unspecified atom stereocenters. The van der Waals surface area contributed by atoms with E-state index < -0.39 is 5.54 Å². The van der Waals surface area contributed by atoms with Crippen molar-refractivity contribution in [3.05, 3.63) is 18.7 Å². The largest absolute Gasteiger partial charge is 0.353 e. The van der Waals surface area contributed by atoms with Gasteiger partial charge in [0.05, 0.1) is 11.9 Å². The van der Waals surface area contributed by atoms with E-state index in [2.05, 4.69) is 125 Å². The second-order valence-electron chi connectivity index (χ2n) is 20.1. The van der Waals surface area contributed by atoms with Crippen LogP contribution in [0.25, 0.3) is 0 Å². The quantitative estimate of drug-likeness (QED) is 0.188. The van der Waals surface area contributed by atoms with Gasteiger partial charge in [-0.05, 0) is 78.4 Å². The second-order valence-corrected chi connectivity index (χ2v) is 20.1. The first-order chi connectivity index (χ1) is 20.7. The lowest BCUT2D eigenvalue weighted by molar-refractivity contribution is -0.140. The van der Waals surface area contributed by atoms with Crippen LogP contribution in [0.4, 0.5) is 0 Å². The molecule has 3 fully saturated rings. The van der Waals surface area contributed by atoms with Gasteiger partial charge in [-0.25, -0.2) is 4.98 Å². The molecular formula is C39H71N5O2. The molecule has 0 radical (unpaired) electrons. The SMILES string of the molecule is CCC(C)(C)C1(C)CC1(CC(C)(C)C(C)(C)C(C)(CC(C)(C)C(C)(C)C(CC(C)(C)N)N1CCCC1=O)C1OC1N)n1ccnc1. The Hall–Kier alpha value is -1.44. The standard InChI is InChI=1S/C39H71N5O2/c1-16-31(2,3)38(15)25-39(38,43-21-19-42-26-43)24-33(6,7)36(12,13)37(14,29-30(40)46-29)23-32(4,5)35(10,11)27(22-34(8,9)41)44-20-17-18-28(44)45/h19,21,26-27,29-30H,16-18,20,22-25,40-41H2,1-15H3. The molecule has 1 aromatic heterocycles. The summed E-state index contributed by atoms with van der Waals surface area (Å²) in [5, 5.41) is 0. The molecule has 0 spiro atoms. The molecule has 0 bridgehead atoms. The Morgan fingerprint density at radius 2 is 1.61 bits per heavy atom. The van der Waals surface area contributed by atoms with Gasteiger partial charge in [-0.2, -0.15) is 0 Å². The topological polar surface area (TPSA) is 103 Å². The molecule has 0 aromatic carbocycles. The number of aromatic nitrogens is 2. The number of nitrogens with two attached hydrogens (primary N) is 2. The zero-order valence-electron chi connectivity index (χ0n) is 32.4. The maximum Gasteiger partial charge on any atom is 0.222 e. The molecule has 1 saturated carbocycles. The highest BCUT2D eigenvalue weighted by atomic mass is 16.6. The van der Waals surface area contributed by atoms with Crippen molar-refractivity contribution in [1.29, 1.82) is 0 Å².